The van der Waals surface area contributed by atoms with E-state index in [0.717, 1.165) is 0 Å². The van der Waals surface area contributed by atoms with Crippen molar-refractivity contribution in [2.24, 2.45) is 0 Å². The minimum absolute atomic E-state index is 0.0588. The first-order chi connectivity index (χ1) is 8.98. The highest BCUT2D eigenvalue weighted by atomic mass is 32.2. The molecule has 7 heteroatoms. The van der Waals surface area contributed by atoms with Gasteiger partial charge in [-0.25, -0.2) is 8.42 Å². The fraction of sp³-hybridized carbons (Fsp3) is 0.500. The van der Waals surface area contributed by atoms with Gasteiger partial charge in [0.05, 0.1) is 20.3 Å². The lowest BCUT2D eigenvalue weighted by Gasteiger charge is -2.18. The lowest BCUT2D eigenvalue weighted by Crippen LogP contribution is -2.30. The Morgan fingerprint density at radius 3 is 2.58 bits per heavy atom. The third-order valence-corrected chi connectivity index (χ3v) is 5.00. The molecule has 1 aliphatic heterocycles. The van der Waals surface area contributed by atoms with E-state index in [1.165, 1.54) is 24.6 Å². The Hall–Kier alpha value is -1.31. The minimum atomic E-state index is -3.68. The summed E-state index contributed by atoms with van der Waals surface area (Å²) in [5.74, 6) is 0.710. The number of aliphatic hydroxyl groups is 1. The van der Waals surface area contributed by atoms with Crippen LogP contribution >= 0.6 is 0 Å². The summed E-state index contributed by atoms with van der Waals surface area (Å²) in [4.78, 5) is 0.0588. The number of benzene rings is 1. The van der Waals surface area contributed by atoms with Crippen LogP contribution in [-0.4, -0.2) is 51.2 Å². The molecule has 106 valence electrons. The van der Waals surface area contributed by atoms with Crippen molar-refractivity contribution in [3.8, 4) is 11.5 Å². The molecule has 1 aromatic carbocycles. The van der Waals surface area contributed by atoms with Crippen LogP contribution in [0.15, 0.2) is 23.1 Å². The van der Waals surface area contributed by atoms with E-state index in [0.29, 0.717) is 18.7 Å². The normalized spacial score (nSPS) is 20.5. The van der Waals surface area contributed by atoms with Crippen molar-refractivity contribution in [2.45, 2.75) is 17.4 Å². The van der Waals surface area contributed by atoms with E-state index in [1.54, 1.807) is 12.1 Å². The van der Waals surface area contributed by atoms with Crippen molar-refractivity contribution in [3.63, 3.8) is 0 Å². The predicted octanol–water partition coefficient (Wildman–Crippen LogP) is 0.459. The molecule has 0 saturated carbocycles. The van der Waals surface area contributed by atoms with Gasteiger partial charge in [-0.1, -0.05) is 0 Å². The van der Waals surface area contributed by atoms with Crippen LogP contribution in [0.2, 0.25) is 0 Å². The van der Waals surface area contributed by atoms with E-state index >= 15 is 0 Å². The summed E-state index contributed by atoms with van der Waals surface area (Å²) >= 11 is 0. The number of nitrogens with zero attached hydrogens (tertiary/aromatic N) is 1. The number of β-amino-alcohol motifs (C(OH)–C–C–N with tert-alkyl or cyclic N) is 1. The summed E-state index contributed by atoms with van der Waals surface area (Å²) in [6.45, 7) is 0.423. The molecule has 0 radical (unpaired) electrons. The Balaban J connectivity index is 2.44. The molecule has 0 bridgehead atoms. The fourth-order valence-electron chi connectivity index (χ4n) is 2.05. The van der Waals surface area contributed by atoms with Crippen LogP contribution in [0.4, 0.5) is 0 Å². The van der Waals surface area contributed by atoms with Crippen LogP contribution < -0.4 is 9.47 Å². The summed E-state index contributed by atoms with van der Waals surface area (Å²) in [5, 5.41) is 9.48. The fourth-order valence-corrected chi connectivity index (χ4v) is 3.72. The number of hydrogen-bond acceptors (Lipinski definition) is 5. The first-order valence-corrected chi connectivity index (χ1v) is 7.33. The molecule has 1 aromatic rings. The van der Waals surface area contributed by atoms with Gasteiger partial charge < -0.3 is 14.6 Å². The summed E-state index contributed by atoms with van der Waals surface area (Å²) in [6.07, 6.45) is -0.155. The second kappa shape index (κ2) is 5.36. The number of methoxy groups -OCH3 is 2. The molecular formula is C12H17NO5S. The van der Waals surface area contributed by atoms with Gasteiger partial charge >= 0.3 is 0 Å². The minimum Gasteiger partial charge on any atom is -0.497 e. The molecule has 1 aliphatic rings. The van der Waals surface area contributed by atoms with Gasteiger partial charge in [-0.15, -0.1) is 0 Å². The first-order valence-electron chi connectivity index (χ1n) is 5.89. The molecule has 1 fully saturated rings. The summed E-state index contributed by atoms with van der Waals surface area (Å²) < 4.78 is 36.4. The van der Waals surface area contributed by atoms with Gasteiger partial charge in [-0.05, 0) is 18.6 Å². The standard InChI is InChI=1S/C12H17NO5S/c1-17-10-3-4-11(18-2)12(7-10)19(15,16)13-6-5-9(14)8-13/h3-4,7,9,14H,5-6,8H2,1-2H3/t9-/m1/s1. The van der Waals surface area contributed by atoms with Crippen LogP contribution in [0.1, 0.15) is 6.42 Å². The number of ether oxygens (including phenoxy) is 2. The van der Waals surface area contributed by atoms with Crippen LogP contribution in [0.5, 0.6) is 11.5 Å². The van der Waals surface area contributed by atoms with E-state index in [9.17, 15) is 13.5 Å². The number of aliphatic hydroxyl groups excluding tert-OH is 1. The lowest BCUT2D eigenvalue weighted by atomic mass is 10.3. The van der Waals surface area contributed by atoms with Crippen molar-refractivity contribution < 1.29 is 23.0 Å². The summed E-state index contributed by atoms with van der Waals surface area (Å²) in [7, 11) is -0.792. The maximum Gasteiger partial charge on any atom is 0.246 e. The van der Waals surface area contributed by atoms with Gasteiger partial charge in [0.1, 0.15) is 16.4 Å². The zero-order valence-corrected chi connectivity index (χ0v) is 11.7. The van der Waals surface area contributed by atoms with Crippen LogP contribution in [0.3, 0.4) is 0 Å². The van der Waals surface area contributed by atoms with E-state index in [4.69, 9.17) is 9.47 Å². The average molecular weight is 287 g/mol. The zero-order chi connectivity index (χ0) is 14.0. The second-order valence-electron chi connectivity index (χ2n) is 4.32. The lowest BCUT2D eigenvalue weighted by molar-refractivity contribution is 0.189. The number of hydrogen-bond donors (Lipinski definition) is 1. The van der Waals surface area contributed by atoms with Crippen molar-refractivity contribution in [1.29, 1.82) is 0 Å². The van der Waals surface area contributed by atoms with Crippen molar-refractivity contribution in [2.75, 3.05) is 27.3 Å². The molecule has 0 spiro atoms. The molecule has 6 nitrogen and oxygen atoms in total. The molecular weight excluding hydrogens is 270 g/mol. The number of sulfonamides is 1. The molecule has 0 aromatic heterocycles. The van der Waals surface area contributed by atoms with Gasteiger partial charge in [0.25, 0.3) is 0 Å². The Kier molecular flexibility index (Phi) is 3.98. The molecule has 1 saturated heterocycles. The Labute approximate surface area is 112 Å². The topological polar surface area (TPSA) is 76.1 Å². The summed E-state index contributed by atoms with van der Waals surface area (Å²) in [5.41, 5.74) is 0. The van der Waals surface area contributed by atoms with Gasteiger partial charge in [-0.2, -0.15) is 4.31 Å². The van der Waals surface area contributed by atoms with Crippen LogP contribution in [0, 0.1) is 0 Å². The van der Waals surface area contributed by atoms with Crippen molar-refractivity contribution in [1.82, 2.24) is 4.31 Å². The van der Waals surface area contributed by atoms with Crippen LogP contribution in [0.25, 0.3) is 0 Å². The monoisotopic (exact) mass is 287 g/mol. The Morgan fingerprint density at radius 1 is 1.32 bits per heavy atom. The van der Waals surface area contributed by atoms with Crippen molar-refractivity contribution >= 4 is 10.0 Å². The van der Waals surface area contributed by atoms with E-state index in [2.05, 4.69) is 0 Å². The van der Waals surface area contributed by atoms with Gasteiger partial charge in [-0.3, -0.25) is 0 Å². The number of rotatable bonds is 4. The molecule has 0 amide bonds. The van der Waals surface area contributed by atoms with Gasteiger partial charge in [0, 0.05) is 19.2 Å². The average Bonchev–Trinajstić information content (AvgIpc) is 2.85. The Bertz CT molecular complexity index is 557. The first kappa shape index (κ1) is 14.1. The third-order valence-electron chi connectivity index (χ3n) is 3.11. The zero-order valence-electron chi connectivity index (χ0n) is 10.9. The Morgan fingerprint density at radius 2 is 2.05 bits per heavy atom. The summed E-state index contributed by atoms with van der Waals surface area (Å²) in [6, 6.07) is 4.62. The van der Waals surface area contributed by atoms with E-state index < -0.39 is 16.1 Å². The highest BCUT2D eigenvalue weighted by Crippen LogP contribution is 2.31. The maximum absolute atomic E-state index is 12.5. The van der Waals surface area contributed by atoms with E-state index in [1.807, 2.05) is 0 Å². The predicted molar refractivity (Wildman–Crippen MR) is 68.9 cm³/mol. The quantitative estimate of drug-likeness (QED) is 0.870. The van der Waals surface area contributed by atoms with Gasteiger partial charge in [0.15, 0.2) is 0 Å². The highest BCUT2D eigenvalue weighted by molar-refractivity contribution is 7.89. The van der Waals surface area contributed by atoms with Crippen molar-refractivity contribution in [3.05, 3.63) is 18.2 Å². The van der Waals surface area contributed by atoms with Gasteiger partial charge in [0.2, 0.25) is 10.0 Å². The second-order valence-corrected chi connectivity index (χ2v) is 6.23. The molecule has 1 atom stereocenters. The highest BCUT2D eigenvalue weighted by Gasteiger charge is 2.33. The smallest absolute Gasteiger partial charge is 0.246 e. The molecule has 19 heavy (non-hydrogen) atoms. The van der Waals surface area contributed by atoms with Crippen LogP contribution in [-0.2, 0) is 10.0 Å². The SMILES string of the molecule is COc1ccc(OC)c(S(=O)(=O)N2CC[C@@H](O)C2)c1. The third kappa shape index (κ3) is 2.68. The molecule has 2 rings (SSSR count). The maximum atomic E-state index is 12.5. The molecule has 0 aliphatic carbocycles. The molecule has 0 unspecified atom stereocenters. The molecule has 1 heterocycles. The van der Waals surface area contributed by atoms with E-state index in [-0.39, 0.29) is 17.2 Å². The largest absolute Gasteiger partial charge is 0.497 e. The molecule has 1 N–H and O–H groups in total.